The minimum Gasteiger partial charge on any atom is -0.455 e. The van der Waals surface area contributed by atoms with Gasteiger partial charge in [-0.1, -0.05) is 89.5 Å². The molecule has 1 N–H and O–H groups in total. The number of aliphatic hydroxyl groups is 1. The summed E-state index contributed by atoms with van der Waals surface area (Å²) in [5, 5.41) is 9.33. The van der Waals surface area contributed by atoms with Crippen LogP contribution in [0.4, 0.5) is 5.69 Å². The molecular weight excluding hydrogens is 714 g/mol. The predicted octanol–water partition coefficient (Wildman–Crippen LogP) is 5.54. The van der Waals surface area contributed by atoms with Gasteiger partial charge in [0, 0.05) is 43.3 Å². The van der Waals surface area contributed by atoms with Crippen molar-refractivity contribution in [1.82, 2.24) is 9.80 Å². The van der Waals surface area contributed by atoms with Gasteiger partial charge in [0.2, 0.25) is 11.8 Å². The molecule has 4 aliphatic heterocycles. The summed E-state index contributed by atoms with van der Waals surface area (Å²) >= 11 is 3.66. The third-order valence-electron chi connectivity index (χ3n) is 11.0. The van der Waals surface area contributed by atoms with Crippen LogP contribution < -0.4 is 4.90 Å². The number of carbonyl (C=O) groups is 4. The molecule has 4 aliphatic rings. The summed E-state index contributed by atoms with van der Waals surface area (Å²) in [6.45, 7) is 6.39. The van der Waals surface area contributed by atoms with Gasteiger partial charge in [-0.25, -0.2) is 0 Å². The van der Waals surface area contributed by atoms with Crippen LogP contribution in [0.2, 0.25) is 0 Å². The van der Waals surface area contributed by atoms with Gasteiger partial charge in [-0.3, -0.25) is 19.2 Å². The molecule has 4 heterocycles. The predicted molar refractivity (Wildman–Crippen MR) is 197 cm³/mol. The Morgan fingerprint density at radius 2 is 1.61 bits per heavy atom. The lowest BCUT2D eigenvalue weighted by Gasteiger charge is -2.36. The number of aliphatic hydroxyl groups excluding tert-OH is 1. The highest BCUT2D eigenvalue weighted by atomic mass is 79.9. The van der Waals surface area contributed by atoms with E-state index in [2.05, 4.69) is 15.9 Å². The van der Waals surface area contributed by atoms with Crippen molar-refractivity contribution in [3.05, 3.63) is 87.9 Å². The van der Waals surface area contributed by atoms with Gasteiger partial charge in [0.15, 0.2) is 0 Å². The Bertz CT molecular complexity index is 1690. The Hall–Kier alpha value is -3.80. The lowest BCUT2D eigenvalue weighted by atomic mass is 9.74. The Morgan fingerprint density at radius 3 is 2.31 bits per heavy atom. The number of halogens is 1. The Labute approximate surface area is 308 Å². The summed E-state index contributed by atoms with van der Waals surface area (Å²) in [7, 11) is 1.72. The van der Waals surface area contributed by atoms with E-state index in [0.29, 0.717) is 30.3 Å². The molecule has 11 heteroatoms. The first-order valence-electron chi connectivity index (χ1n) is 18.0. The summed E-state index contributed by atoms with van der Waals surface area (Å²) in [6.07, 6.45) is 7.57. The third kappa shape index (κ3) is 6.80. The molecule has 10 nitrogen and oxygen atoms in total. The van der Waals surface area contributed by atoms with E-state index in [1.807, 2.05) is 87.5 Å². The molecule has 0 aliphatic carbocycles. The molecule has 272 valence electrons. The van der Waals surface area contributed by atoms with Crippen molar-refractivity contribution < 1.29 is 33.8 Å². The molecule has 2 aromatic rings. The number of benzene rings is 2. The van der Waals surface area contributed by atoms with Crippen molar-refractivity contribution in [2.45, 2.75) is 89.2 Å². The van der Waals surface area contributed by atoms with Crippen LogP contribution in [0, 0.1) is 25.7 Å². The Balaban J connectivity index is 1.47. The monoisotopic (exact) mass is 761 g/mol. The number of para-hydroxylation sites is 1. The van der Waals surface area contributed by atoms with Crippen molar-refractivity contribution in [3.63, 3.8) is 0 Å². The maximum Gasteiger partial charge on any atom is 0.313 e. The van der Waals surface area contributed by atoms with E-state index in [-0.39, 0.29) is 37.3 Å². The van der Waals surface area contributed by atoms with Gasteiger partial charge in [0.25, 0.3) is 5.91 Å². The van der Waals surface area contributed by atoms with Crippen LogP contribution in [0.15, 0.2) is 71.2 Å². The lowest BCUT2D eigenvalue weighted by molar-refractivity contribution is -0.164. The van der Waals surface area contributed by atoms with Crippen molar-refractivity contribution in [1.29, 1.82) is 0 Å². The van der Waals surface area contributed by atoms with Crippen molar-refractivity contribution >= 4 is 45.3 Å². The van der Waals surface area contributed by atoms with Crippen LogP contribution in [-0.4, -0.2) is 89.1 Å². The number of likely N-dealkylation sites (N-methyl/N-ethyl adjacent to an activating group) is 1. The molecule has 5 bridgehead atoms. The molecule has 0 radical (unpaired) electrons. The van der Waals surface area contributed by atoms with Crippen molar-refractivity contribution in [3.8, 4) is 0 Å². The van der Waals surface area contributed by atoms with Crippen molar-refractivity contribution in [2.24, 2.45) is 11.8 Å². The second-order valence-electron chi connectivity index (χ2n) is 14.2. The zero-order valence-electron chi connectivity index (χ0n) is 29.8. The number of fused-ring (bicyclic) bond motifs is 2. The fourth-order valence-corrected chi connectivity index (χ4v) is 9.06. The van der Waals surface area contributed by atoms with E-state index >= 15 is 4.79 Å². The number of ether oxygens (including phenoxy) is 2. The van der Waals surface area contributed by atoms with E-state index in [4.69, 9.17) is 9.47 Å². The molecular formula is C40H48BrN3O7. The average Bonchev–Trinajstić information content (AvgIpc) is 3.71. The van der Waals surface area contributed by atoms with Gasteiger partial charge in [0.1, 0.15) is 29.8 Å². The number of carbonyl (C=O) groups excluding carboxylic acids is 4. The molecule has 7 atom stereocenters. The van der Waals surface area contributed by atoms with Crippen LogP contribution in [-0.2, 0) is 28.7 Å². The standard InChI is InChI=1S/C40H48BrN3O7/c1-25-16-15-17-26(2)33(25)43-21-13-8-11-20-30(46)42(4)27(3)34(28-18-9-7-10-19-28)50-39(49)31-32-37(47)44(22-12-5-6-14-23-45)36(38(43)48)40(32)24-29(41)35(31)51-40/h7-10,13,15-19,24,27,31-32,34-36,45H,5-6,11-12,14,20-23H2,1-4H3/b13-8-/t27-,31+,32-,34+,35+,36+,40-/m0/s1. The van der Waals surface area contributed by atoms with Crippen molar-refractivity contribution in [2.75, 3.05) is 31.6 Å². The quantitative estimate of drug-likeness (QED) is 0.213. The average molecular weight is 763 g/mol. The zero-order chi connectivity index (χ0) is 36.4. The van der Waals surface area contributed by atoms with Gasteiger partial charge < -0.3 is 29.3 Å². The smallest absolute Gasteiger partial charge is 0.313 e. The maximum atomic E-state index is 15.2. The third-order valence-corrected chi connectivity index (χ3v) is 11.7. The lowest BCUT2D eigenvalue weighted by Crippen LogP contribution is -2.56. The second-order valence-corrected chi connectivity index (χ2v) is 15.1. The Kier molecular flexibility index (Phi) is 11.2. The first-order valence-corrected chi connectivity index (χ1v) is 18.8. The highest BCUT2D eigenvalue weighted by molar-refractivity contribution is 9.11. The minimum atomic E-state index is -1.40. The number of amides is 3. The van der Waals surface area contributed by atoms with Gasteiger partial charge >= 0.3 is 5.97 Å². The van der Waals surface area contributed by atoms with E-state index in [0.717, 1.165) is 35.2 Å². The number of likely N-dealkylation sites (tertiary alicyclic amines) is 1. The highest BCUT2D eigenvalue weighted by Gasteiger charge is 2.75. The number of unbranched alkanes of at least 4 members (excludes halogenated alkanes) is 3. The minimum absolute atomic E-state index is 0.0948. The van der Waals surface area contributed by atoms with Gasteiger partial charge in [-0.05, 0) is 62.8 Å². The molecule has 2 fully saturated rings. The topological polar surface area (TPSA) is 117 Å². The number of allylic oxidation sites excluding steroid dienone is 1. The maximum absolute atomic E-state index is 15.2. The SMILES string of the molecule is Cc1cccc(C)c1N1C/C=C\CCC(=O)N(C)[C@@H](C)[C@H](c2ccccc2)OC(=O)[C@H]2[C@@H]3O[C@@]4(C=C3Br)[C@@H]2C(=O)N(CCCCCCO)[C@@H]4C1=O. The summed E-state index contributed by atoms with van der Waals surface area (Å²) < 4.78 is 13.7. The van der Waals surface area contributed by atoms with E-state index < -0.39 is 47.7 Å². The number of anilines is 1. The molecule has 0 unspecified atom stereocenters. The first-order chi connectivity index (χ1) is 24.5. The number of rotatable bonds is 8. The van der Waals surface area contributed by atoms with Crippen LogP contribution in [0.25, 0.3) is 0 Å². The summed E-state index contributed by atoms with van der Waals surface area (Å²) in [4.78, 5) is 63.0. The molecule has 3 amide bonds. The second kappa shape index (κ2) is 15.4. The normalized spacial score (nSPS) is 30.5. The number of aryl methyl sites for hydroxylation is 2. The number of cyclic esters (lactones) is 1. The van der Waals surface area contributed by atoms with Gasteiger partial charge in [0.05, 0.1) is 12.0 Å². The summed E-state index contributed by atoms with van der Waals surface area (Å²) in [6, 6.07) is 13.6. The number of hydrogen-bond donors (Lipinski definition) is 1. The van der Waals surface area contributed by atoms with Gasteiger partial charge in [-0.15, -0.1) is 0 Å². The molecule has 2 saturated heterocycles. The number of nitrogens with zero attached hydrogens (tertiary/aromatic N) is 3. The first kappa shape index (κ1) is 37.0. The molecule has 51 heavy (non-hydrogen) atoms. The van der Waals surface area contributed by atoms with Crippen LogP contribution in [0.1, 0.15) is 68.2 Å². The molecule has 2 aromatic carbocycles. The molecule has 0 saturated carbocycles. The van der Waals surface area contributed by atoms with E-state index in [1.54, 1.807) is 21.7 Å². The summed E-state index contributed by atoms with van der Waals surface area (Å²) in [5.41, 5.74) is 1.89. The molecule has 6 rings (SSSR count). The van der Waals surface area contributed by atoms with Gasteiger partial charge in [-0.2, -0.15) is 0 Å². The van der Waals surface area contributed by atoms with Crippen LogP contribution >= 0.6 is 15.9 Å². The van der Waals surface area contributed by atoms with E-state index in [9.17, 15) is 19.5 Å². The van der Waals surface area contributed by atoms with Crippen LogP contribution in [0.5, 0.6) is 0 Å². The summed E-state index contributed by atoms with van der Waals surface area (Å²) in [5.74, 6) is -3.33. The van der Waals surface area contributed by atoms with Crippen LogP contribution in [0.3, 0.4) is 0 Å². The fraction of sp³-hybridized carbons (Fsp3) is 0.500. The number of hydrogen-bond acceptors (Lipinski definition) is 7. The number of esters is 1. The fourth-order valence-electron chi connectivity index (χ4n) is 8.33. The largest absolute Gasteiger partial charge is 0.455 e. The molecule has 0 aromatic heterocycles. The highest BCUT2D eigenvalue weighted by Crippen LogP contribution is 2.59. The Morgan fingerprint density at radius 1 is 0.902 bits per heavy atom. The molecule has 1 spiro atoms. The van der Waals surface area contributed by atoms with E-state index in [1.165, 1.54) is 0 Å². The zero-order valence-corrected chi connectivity index (χ0v) is 31.4.